The number of ether oxygens (including phenoxy) is 3. The van der Waals surface area contributed by atoms with Gasteiger partial charge < -0.3 is 23.7 Å². The molecule has 1 heterocycles. The number of aromatic hydroxyl groups is 1. The number of hydrogen-bond acceptors (Lipinski definition) is 7. The van der Waals surface area contributed by atoms with Gasteiger partial charge in [0.2, 0.25) is 11.6 Å². The summed E-state index contributed by atoms with van der Waals surface area (Å²) >= 11 is 3.37. The number of aliphatic imine (C=N–C) groups is 1. The average Bonchev–Trinajstić information content (AvgIpc) is 3.07. The lowest BCUT2D eigenvalue weighted by atomic mass is 10.2. The molecular weight excluding hydrogens is 416 g/mol. The van der Waals surface area contributed by atoms with Gasteiger partial charge in [0, 0.05) is 10.0 Å². The first-order valence-corrected chi connectivity index (χ1v) is 8.64. The summed E-state index contributed by atoms with van der Waals surface area (Å²) in [6, 6.07) is 10.8. The van der Waals surface area contributed by atoms with Gasteiger partial charge in [0.1, 0.15) is 0 Å². The molecule has 0 radical (unpaired) electrons. The first-order chi connectivity index (χ1) is 13.0. The molecule has 1 N–H and O–H groups in total. The van der Waals surface area contributed by atoms with E-state index >= 15 is 0 Å². The van der Waals surface area contributed by atoms with Crippen molar-refractivity contribution in [3.63, 3.8) is 0 Å². The second kappa shape index (κ2) is 8.13. The predicted octanol–water partition coefficient (Wildman–Crippen LogP) is 4.59. The second-order valence-electron chi connectivity index (χ2n) is 5.36. The van der Waals surface area contributed by atoms with Crippen LogP contribution in [0.25, 0.3) is 11.5 Å². The van der Waals surface area contributed by atoms with Crippen molar-refractivity contribution in [1.29, 1.82) is 0 Å². The van der Waals surface area contributed by atoms with Gasteiger partial charge in [-0.3, -0.25) is 4.99 Å². The zero-order chi connectivity index (χ0) is 19.4. The van der Waals surface area contributed by atoms with Gasteiger partial charge in [0.05, 0.1) is 33.2 Å². The number of benzene rings is 2. The van der Waals surface area contributed by atoms with Crippen molar-refractivity contribution in [3.05, 3.63) is 46.6 Å². The Bertz CT molecular complexity index is 942. The van der Waals surface area contributed by atoms with Crippen molar-refractivity contribution in [2.45, 2.75) is 0 Å². The smallest absolute Gasteiger partial charge is 0.312 e. The molecule has 7 nitrogen and oxygen atoms in total. The maximum atomic E-state index is 10.1. The van der Waals surface area contributed by atoms with Crippen LogP contribution in [0, 0.1) is 0 Å². The van der Waals surface area contributed by atoms with Crippen LogP contribution in [0.2, 0.25) is 0 Å². The van der Waals surface area contributed by atoms with Crippen molar-refractivity contribution in [2.24, 2.45) is 4.99 Å². The molecule has 0 bridgehead atoms. The van der Waals surface area contributed by atoms with Gasteiger partial charge in [-0.2, -0.15) is 0 Å². The highest BCUT2D eigenvalue weighted by atomic mass is 79.9. The molecule has 0 saturated carbocycles. The number of rotatable bonds is 6. The lowest BCUT2D eigenvalue weighted by Gasteiger charge is -2.12. The third-order valence-corrected chi connectivity index (χ3v) is 4.24. The standard InChI is InChI=1S/C19H17BrN2O5/c1-24-15-8-11(9-16(25-2)17(15)26-3)18-22-14(19(23)27-18)10-21-13-6-4-12(20)5-7-13/h4-10,23H,1-3H3. The fourth-order valence-corrected chi connectivity index (χ4v) is 2.66. The average molecular weight is 433 g/mol. The van der Waals surface area contributed by atoms with Gasteiger partial charge in [-0.25, -0.2) is 4.98 Å². The van der Waals surface area contributed by atoms with Crippen LogP contribution in [0.3, 0.4) is 0 Å². The van der Waals surface area contributed by atoms with Gasteiger partial charge in [-0.1, -0.05) is 15.9 Å². The van der Waals surface area contributed by atoms with Crippen LogP contribution in [-0.2, 0) is 0 Å². The summed E-state index contributed by atoms with van der Waals surface area (Å²) in [5.41, 5.74) is 1.49. The molecular formula is C19H17BrN2O5. The summed E-state index contributed by atoms with van der Waals surface area (Å²) in [5.74, 6) is 1.23. The summed E-state index contributed by atoms with van der Waals surface area (Å²) in [6.07, 6.45) is 1.43. The van der Waals surface area contributed by atoms with Gasteiger partial charge in [-0.05, 0) is 36.4 Å². The number of hydrogen-bond donors (Lipinski definition) is 1. The summed E-state index contributed by atoms with van der Waals surface area (Å²) < 4.78 is 22.3. The number of oxazole rings is 1. The van der Waals surface area contributed by atoms with E-state index in [-0.39, 0.29) is 17.5 Å². The first-order valence-electron chi connectivity index (χ1n) is 7.85. The molecule has 0 aliphatic carbocycles. The molecule has 2 aromatic carbocycles. The maximum Gasteiger partial charge on any atom is 0.312 e. The van der Waals surface area contributed by atoms with Gasteiger partial charge >= 0.3 is 5.95 Å². The number of methoxy groups -OCH3 is 3. The summed E-state index contributed by atoms with van der Waals surface area (Å²) in [5, 5.41) is 10.1. The Kier molecular flexibility index (Phi) is 5.66. The van der Waals surface area contributed by atoms with Gasteiger partial charge in [0.25, 0.3) is 0 Å². The van der Waals surface area contributed by atoms with Crippen LogP contribution in [-0.4, -0.2) is 37.6 Å². The van der Waals surface area contributed by atoms with E-state index in [1.807, 2.05) is 24.3 Å². The molecule has 0 saturated heterocycles. The van der Waals surface area contributed by atoms with E-state index < -0.39 is 0 Å². The molecule has 0 amide bonds. The quantitative estimate of drug-likeness (QED) is 0.573. The number of halogens is 1. The largest absolute Gasteiger partial charge is 0.493 e. The fourth-order valence-electron chi connectivity index (χ4n) is 2.40. The minimum Gasteiger partial charge on any atom is -0.493 e. The van der Waals surface area contributed by atoms with Crippen LogP contribution in [0.1, 0.15) is 5.69 Å². The number of nitrogens with zero attached hydrogens (tertiary/aromatic N) is 2. The highest BCUT2D eigenvalue weighted by molar-refractivity contribution is 9.10. The third kappa shape index (κ3) is 4.06. The summed E-state index contributed by atoms with van der Waals surface area (Å²) in [6.45, 7) is 0. The molecule has 8 heteroatoms. The van der Waals surface area contributed by atoms with Gasteiger partial charge in [0.15, 0.2) is 17.2 Å². The van der Waals surface area contributed by atoms with Crippen LogP contribution in [0.15, 0.2) is 50.3 Å². The molecule has 1 aromatic heterocycles. The van der Waals surface area contributed by atoms with Crippen LogP contribution >= 0.6 is 15.9 Å². The Morgan fingerprint density at radius 2 is 1.67 bits per heavy atom. The zero-order valence-corrected chi connectivity index (χ0v) is 16.5. The Labute approximate surface area is 164 Å². The second-order valence-corrected chi connectivity index (χ2v) is 6.27. The van der Waals surface area contributed by atoms with Gasteiger partial charge in [-0.15, -0.1) is 0 Å². The highest BCUT2D eigenvalue weighted by Gasteiger charge is 2.18. The lowest BCUT2D eigenvalue weighted by molar-refractivity contribution is 0.323. The van der Waals surface area contributed by atoms with E-state index in [9.17, 15) is 5.11 Å². The topological polar surface area (TPSA) is 86.3 Å². The molecule has 0 spiro atoms. The normalized spacial score (nSPS) is 11.0. The molecule has 3 aromatic rings. The van der Waals surface area contributed by atoms with E-state index in [1.165, 1.54) is 27.5 Å². The molecule has 27 heavy (non-hydrogen) atoms. The van der Waals surface area contributed by atoms with Crippen LogP contribution in [0.5, 0.6) is 23.2 Å². The lowest BCUT2D eigenvalue weighted by Crippen LogP contribution is -1.95. The number of aromatic nitrogens is 1. The van der Waals surface area contributed by atoms with Crippen molar-refractivity contribution in [3.8, 4) is 34.6 Å². The minimum absolute atomic E-state index is 0.198. The van der Waals surface area contributed by atoms with Crippen molar-refractivity contribution < 1.29 is 23.7 Å². The predicted molar refractivity (Wildman–Crippen MR) is 105 cm³/mol. The van der Waals surface area contributed by atoms with Crippen molar-refractivity contribution in [1.82, 2.24) is 4.98 Å². The highest BCUT2D eigenvalue weighted by Crippen LogP contribution is 2.41. The molecule has 0 unspecified atom stereocenters. The van der Waals surface area contributed by atoms with Crippen LogP contribution in [0.4, 0.5) is 5.69 Å². The Morgan fingerprint density at radius 1 is 1.04 bits per heavy atom. The maximum absolute atomic E-state index is 10.1. The fraction of sp³-hybridized carbons (Fsp3) is 0.158. The zero-order valence-electron chi connectivity index (χ0n) is 14.9. The van der Waals surface area contributed by atoms with Crippen molar-refractivity contribution in [2.75, 3.05) is 21.3 Å². The summed E-state index contributed by atoms with van der Waals surface area (Å²) in [4.78, 5) is 8.57. The van der Waals surface area contributed by atoms with E-state index in [0.29, 0.717) is 22.8 Å². The molecule has 3 rings (SSSR count). The Hall–Kier alpha value is -3.00. The van der Waals surface area contributed by atoms with E-state index in [4.69, 9.17) is 18.6 Å². The molecule has 140 valence electrons. The third-order valence-electron chi connectivity index (χ3n) is 3.71. The monoisotopic (exact) mass is 432 g/mol. The SMILES string of the molecule is COc1cc(-c2nc(C=Nc3ccc(Br)cc3)c(O)o2)cc(OC)c1OC. The van der Waals surface area contributed by atoms with E-state index in [1.54, 1.807) is 12.1 Å². The molecule has 0 atom stereocenters. The van der Waals surface area contributed by atoms with Crippen molar-refractivity contribution >= 4 is 27.8 Å². The Balaban J connectivity index is 1.95. The van der Waals surface area contributed by atoms with E-state index in [2.05, 4.69) is 25.9 Å². The molecule has 0 aliphatic rings. The molecule has 0 aliphatic heterocycles. The first kappa shape index (κ1) is 18.8. The summed E-state index contributed by atoms with van der Waals surface area (Å²) in [7, 11) is 4.56. The van der Waals surface area contributed by atoms with Crippen LogP contribution < -0.4 is 14.2 Å². The molecule has 0 fully saturated rings. The van der Waals surface area contributed by atoms with E-state index in [0.717, 1.165) is 10.2 Å². The minimum atomic E-state index is -0.334. The Morgan fingerprint density at radius 3 is 2.22 bits per heavy atom.